The van der Waals surface area contributed by atoms with Crippen molar-refractivity contribution in [2.45, 2.75) is 6.92 Å². The molecule has 0 bridgehead atoms. The Labute approximate surface area is 77.8 Å². The van der Waals surface area contributed by atoms with Crippen LogP contribution in [0.3, 0.4) is 0 Å². The largest absolute Gasteiger partial charge is 0.508 e. The fraction of sp³-hybridized carbons (Fsp3) is 0.200. The van der Waals surface area contributed by atoms with E-state index in [9.17, 15) is 0 Å². The van der Waals surface area contributed by atoms with E-state index in [0.29, 0.717) is 5.75 Å². The van der Waals surface area contributed by atoms with Gasteiger partial charge < -0.3 is 5.11 Å². The van der Waals surface area contributed by atoms with E-state index in [-0.39, 0.29) is 5.75 Å². The number of thiol groups is 1. The summed E-state index contributed by atoms with van der Waals surface area (Å²) in [6.07, 6.45) is 0. The van der Waals surface area contributed by atoms with Crippen molar-refractivity contribution in [3.05, 3.63) is 29.3 Å². The van der Waals surface area contributed by atoms with Gasteiger partial charge in [0.2, 0.25) is 0 Å². The van der Waals surface area contributed by atoms with E-state index in [1.165, 1.54) is 0 Å². The molecule has 1 aromatic carbocycles. The van der Waals surface area contributed by atoms with E-state index in [2.05, 4.69) is 24.5 Å². The third kappa shape index (κ3) is 2.21. The van der Waals surface area contributed by atoms with Crippen molar-refractivity contribution >= 4 is 12.6 Å². The zero-order chi connectivity index (χ0) is 8.97. The molecule has 0 radical (unpaired) electrons. The molecule has 1 N–H and O–H groups in total. The molecule has 0 saturated heterocycles. The molecule has 0 aliphatic carbocycles. The zero-order valence-corrected chi connectivity index (χ0v) is 7.73. The van der Waals surface area contributed by atoms with Gasteiger partial charge in [0.1, 0.15) is 5.75 Å². The van der Waals surface area contributed by atoms with Gasteiger partial charge in [0, 0.05) is 5.56 Å². The lowest BCUT2D eigenvalue weighted by Crippen LogP contribution is -1.80. The minimum atomic E-state index is 0.281. The molecule has 12 heavy (non-hydrogen) atoms. The summed E-state index contributed by atoms with van der Waals surface area (Å²) in [6, 6.07) is 5.14. The number of hydrogen-bond acceptors (Lipinski definition) is 2. The molecule has 0 aromatic heterocycles. The Morgan fingerprint density at radius 2 is 2.25 bits per heavy atom. The molecule has 0 amide bonds. The lowest BCUT2D eigenvalue weighted by Gasteiger charge is -1.97. The second-order valence-corrected chi connectivity index (χ2v) is 2.78. The smallest absolute Gasteiger partial charge is 0.115 e. The first-order valence-corrected chi connectivity index (χ1v) is 4.26. The van der Waals surface area contributed by atoms with Crippen molar-refractivity contribution in [2.24, 2.45) is 0 Å². The molecule has 1 nitrogen and oxygen atoms in total. The van der Waals surface area contributed by atoms with Crippen LogP contribution in [0.25, 0.3) is 0 Å². The Kier molecular flexibility index (Phi) is 3.07. The van der Waals surface area contributed by atoms with Gasteiger partial charge in [-0.15, -0.1) is 0 Å². The van der Waals surface area contributed by atoms with E-state index in [1.807, 2.05) is 6.92 Å². The number of hydrogen-bond donors (Lipinski definition) is 2. The predicted molar refractivity (Wildman–Crippen MR) is 53.6 cm³/mol. The Morgan fingerprint density at radius 3 is 2.83 bits per heavy atom. The summed E-state index contributed by atoms with van der Waals surface area (Å²) in [5.74, 6) is 6.65. The van der Waals surface area contributed by atoms with Crippen LogP contribution in [-0.2, 0) is 0 Å². The summed E-state index contributed by atoms with van der Waals surface area (Å²) in [5.41, 5.74) is 1.94. The van der Waals surface area contributed by atoms with Crippen LogP contribution in [0.4, 0.5) is 0 Å². The standard InChI is InChI=1S/C10H10OS/c1-8-7-10(11)5-4-9(8)3-2-6-12/h4-5,7,11-12H,6H2,1H3. The van der Waals surface area contributed by atoms with Gasteiger partial charge in [-0.05, 0) is 30.7 Å². The fourth-order valence-corrected chi connectivity index (χ4v) is 1.00. The summed E-state index contributed by atoms with van der Waals surface area (Å²) in [6.45, 7) is 1.92. The minimum absolute atomic E-state index is 0.281. The van der Waals surface area contributed by atoms with Crippen LogP contribution >= 0.6 is 12.6 Å². The monoisotopic (exact) mass is 178 g/mol. The lowest BCUT2D eigenvalue weighted by atomic mass is 10.1. The Morgan fingerprint density at radius 1 is 1.50 bits per heavy atom. The van der Waals surface area contributed by atoms with E-state index < -0.39 is 0 Å². The van der Waals surface area contributed by atoms with Crippen molar-refractivity contribution in [3.63, 3.8) is 0 Å². The Hall–Kier alpha value is -1.07. The highest BCUT2D eigenvalue weighted by molar-refractivity contribution is 7.80. The molecule has 0 unspecified atom stereocenters. The molecule has 62 valence electrons. The second kappa shape index (κ2) is 4.08. The Bertz CT molecular complexity index is 333. The molecular weight excluding hydrogens is 168 g/mol. The molecule has 1 aromatic rings. The van der Waals surface area contributed by atoms with Crippen LogP contribution in [0.5, 0.6) is 5.75 Å². The quantitative estimate of drug-likeness (QED) is 0.460. The van der Waals surface area contributed by atoms with E-state index in [4.69, 9.17) is 5.11 Å². The predicted octanol–water partition coefficient (Wildman–Crippen LogP) is 1.98. The molecule has 0 atom stereocenters. The van der Waals surface area contributed by atoms with Gasteiger partial charge in [0.05, 0.1) is 5.75 Å². The van der Waals surface area contributed by atoms with Gasteiger partial charge >= 0.3 is 0 Å². The fourth-order valence-electron chi connectivity index (χ4n) is 0.923. The lowest BCUT2D eigenvalue weighted by molar-refractivity contribution is 0.475. The molecule has 0 spiro atoms. The van der Waals surface area contributed by atoms with Crippen LogP contribution in [0.15, 0.2) is 18.2 Å². The minimum Gasteiger partial charge on any atom is -0.508 e. The van der Waals surface area contributed by atoms with Gasteiger partial charge in [-0.2, -0.15) is 12.6 Å². The van der Waals surface area contributed by atoms with Crippen LogP contribution in [-0.4, -0.2) is 10.9 Å². The molecule has 0 aliphatic heterocycles. The normalized spacial score (nSPS) is 8.83. The van der Waals surface area contributed by atoms with Crippen LogP contribution < -0.4 is 0 Å². The number of phenolic OH excluding ortho intramolecular Hbond substituents is 1. The number of aryl methyl sites for hydroxylation is 1. The summed E-state index contributed by atoms with van der Waals surface area (Å²) in [5, 5.41) is 9.10. The molecule has 1 rings (SSSR count). The maximum atomic E-state index is 9.10. The van der Waals surface area contributed by atoms with Gasteiger partial charge in [-0.3, -0.25) is 0 Å². The van der Waals surface area contributed by atoms with Gasteiger partial charge in [-0.25, -0.2) is 0 Å². The first-order chi connectivity index (χ1) is 5.74. The molecule has 2 heteroatoms. The molecule has 0 saturated carbocycles. The third-order valence-corrected chi connectivity index (χ3v) is 1.67. The second-order valence-electron chi connectivity index (χ2n) is 2.46. The van der Waals surface area contributed by atoms with Crippen molar-refractivity contribution < 1.29 is 5.11 Å². The first kappa shape index (κ1) is 9.02. The third-order valence-electron chi connectivity index (χ3n) is 1.51. The SMILES string of the molecule is Cc1cc(O)ccc1C#CCS. The number of aromatic hydroxyl groups is 1. The molecular formula is C10H10OS. The average Bonchev–Trinajstić information content (AvgIpc) is 2.03. The number of rotatable bonds is 0. The first-order valence-electron chi connectivity index (χ1n) is 3.63. The van der Waals surface area contributed by atoms with Crippen molar-refractivity contribution in [3.8, 4) is 17.6 Å². The maximum absolute atomic E-state index is 9.10. The highest BCUT2D eigenvalue weighted by Crippen LogP contribution is 2.14. The maximum Gasteiger partial charge on any atom is 0.115 e. The van der Waals surface area contributed by atoms with Crippen molar-refractivity contribution in [2.75, 3.05) is 5.75 Å². The van der Waals surface area contributed by atoms with Gasteiger partial charge in [0.15, 0.2) is 0 Å². The highest BCUT2D eigenvalue weighted by atomic mass is 32.1. The summed E-state index contributed by atoms with van der Waals surface area (Å²) < 4.78 is 0. The summed E-state index contributed by atoms with van der Waals surface area (Å²) in [4.78, 5) is 0. The number of benzene rings is 1. The molecule has 0 heterocycles. The van der Waals surface area contributed by atoms with Crippen LogP contribution in [0, 0.1) is 18.8 Å². The van der Waals surface area contributed by atoms with E-state index in [1.54, 1.807) is 18.2 Å². The van der Waals surface area contributed by atoms with Crippen LogP contribution in [0.1, 0.15) is 11.1 Å². The molecule has 0 fully saturated rings. The van der Waals surface area contributed by atoms with E-state index >= 15 is 0 Å². The summed E-state index contributed by atoms with van der Waals surface area (Å²) >= 11 is 3.98. The van der Waals surface area contributed by atoms with Crippen molar-refractivity contribution in [1.82, 2.24) is 0 Å². The highest BCUT2D eigenvalue weighted by Gasteiger charge is 1.94. The van der Waals surface area contributed by atoms with Gasteiger partial charge in [0.25, 0.3) is 0 Å². The van der Waals surface area contributed by atoms with Crippen LogP contribution in [0.2, 0.25) is 0 Å². The zero-order valence-electron chi connectivity index (χ0n) is 6.83. The van der Waals surface area contributed by atoms with Crippen molar-refractivity contribution in [1.29, 1.82) is 0 Å². The topological polar surface area (TPSA) is 20.2 Å². The van der Waals surface area contributed by atoms with E-state index in [0.717, 1.165) is 11.1 Å². The number of phenols is 1. The summed E-state index contributed by atoms with van der Waals surface area (Å²) in [7, 11) is 0. The average molecular weight is 178 g/mol. The van der Waals surface area contributed by atoms with Gasteiger partial charge in [-0.1, -0.05) is 11.8 Å². The molecule has 0 aliphatic rings. The Balaban J connectivity index is 3.01.